The molecule has 1 aliphatic rings. The number of hydrogen-bond acceptors (Lipinski definition) is 5. The topological polar surface area (TPSA) is 73.3 Å². The summed E-state index contributed by atoms with van der Waals surface area (Å²) in [7, 11) is 1.34. The van der Waals surface area contributed by atoms with Crippen molar-refractivity contribution in [3.8, 4) is 22.6 Å². The zero-order chi connectivity index (χ0) is 22.6. The Bertz CT molecular complexity index is 1100. The summed E-state index contributed by atoms with van der Waals surface area (Å²) < 4.78 is 67.7. The molecule has 0 unspecified atom stereocenters. The fourth-order valence-corrected chi connectivity index (χ4v) is 4.19. The summed E-state index contributed by atoms with van der Waals surface area (Å²) in [4.78, 5) is 0. The summed E-state index contributed by atoms with van der Waals surface area (Å²) in [5.74, 6) is -0.936. The van der Waals surface area contributed by atoms with Crippen LogP contribution in [0.25, 0.3) is 22.6 Å². The third kappa shape index (κ3) is 3.83. The fraction of sp³-hybridized carbons (Fsp3) is 0.400. The molecule has 166 valence electrons. The number of nitrogens with zero attached hydrogens (tertiary/aromatic N) is 3. The molecule has 2 heterocycles. The molecule has 0 amide bonds. The molecule has 4 rings (SSSR count). The Balaban J connectivity index is 1.88. The van der Waals surface area contributed by atoms with E-state index < -0.39 is 29.3 Å². The van der Waals surface area contributed by atoms with E-state index in [4.69, 9.17) is 20.9 Å². The normalized spacial score (nSPS) is 21.4. The van der Waals surface area contributed by atoms with E-state index in [2.05, 4.69) is 10.3 Å². The molecule has 6 nitrogen and oxygen atoms in total. The van der Waals surface area contributed by atoms with Gasteiger partial charge in [0, 0.05) is 7.11 Å². The first-order valence-corrected chi connectivity index (χ1v) is 9.70. The summed E-state index contributed by atoms with van der Waals surface area (Å²) in [5, 5.41) is 17.7. The molecule has 0 spiro atoms. The highest BCUT2D eigenvalue weighted by Crippen LogP contribution is 2.47. The van der Waals surface area contributed by atoms with Gasteiger partial charge >= 0.3 is 6.18 Å². The van der Waals surface area contributed by atoms with Crippen molar-refractivity contribution in [1.29, 1.82) is 0 Å². The Labute approximate surface area is 179 Å². The van der Waals surface area contributed by atoms with Gasteiger partial charge in [-0.2, -0.15) is 18.3 Å². The number of alkyl halides is 3. The van der Waals surface area contributed by atoms with Gasteiger partial charge in [-0.3, -0.25) is 4.68 Å². The Morgan fingerprint density at radius 2 is 2.06 bits per heavy atom. The molecular weight excluding hydrogens is 442 g/mol. The second-order valence-electron chi connectivity index (χ2n) is 7.78. The summed E-state index contributed by atoms with van der Waals surface area (Å²) in [6.07, 6.45) is -3.47. The Morgan fingerprint density at radius 1 is 1.35 bits per heavy atom. The number of hydrogen-bond donors (Lipinski definition) is 1. The van der Waals surface area contributed by atoms with Gasteiger partial charge in [-0.25, -0.2) is 4.39 Å². The van der Waals surface area contributed by atoms with Crippen LogP contribution >= 0.6 is 11.6 Å². The molecule has 0 radical (unpaired) electrons. The predicted octanol–water partition coefficient (Wildman–Crippen LogP) is 5.25. The average molecular weight is 460 g/mol. The van der Waals surface area contributed by atoms with Crippen LogP contribution in [-0.2, 0) is 17.5 Å². The lowest BCUT2D eigenvalue weighted by Gasteiger charge is -2.41. The number of aliphatic hydroxyl groups is 1. The second-order valence-corrected chi connectivity index (χ2v) is 8.18. The Hall–Kier alpha value is -2.43. The van der Waals surface area contributed by atoms with Gasteiger partial charge in [-0.05, 0) is 31.9 Å². The molecule has 1 N–H and O–H groups in total. The number of benzene rings is 1. The van der Waals surface area contributed by atoms with Crippen LogP contribution in [0.2, 0.25) is 5.02 Å². The van der Waals surface area contributed by atoms with E-state index >= 15 is 0 Å². The van der Waals surface area contributed by atoms with Gasteiger partial charge in [0.2, 0.25) is 0 Å². The molecule has 1 fully saturated rings. The van der Waals surface area contributed by atoms with Crippen LogP contribution in [0, 0.1) is 5.82 Å². The highest BCUT2D eigenvalue weighted by Gasteiger charge is 2.47. The SMILES string of the molecule is COCc1c(-c2c(F)cccc2Cl)noc1-c1cnn(C2CC(C)(O)C2)c1C(F)(F)F. The molecule has 1 aliphatic carbocycles. The van der Waals surface area contributed by atoms with E-state index in [0.717, 1.165) is 16.9 Å². The van der Waals surface area contributed by atoms with E-state index in [1.807, 2.05) is 0 Å². The van der Waals surface area contributed by atoms with Gasteiger partial charge < -0.3 is 14.4 Å². The zero-order valence-electron chi connectivity index (χ0n) is 16.5. The minimum absolute atomic E-state index is 0.0284. The standard InChI is InChI=1S/C20H18ClF4N3O3/c1-19(29)6-10(7-19)28-18(20(23,24)25)11(8-26-28)17-12(9-30-2)16(27-31-17)15-13(21)4-3-5-14(15)22/h3-5,8,10,29H,6-7,9H2,1-2H3. The van der Waals surface area contributed by atoms with Crippen molar-refractivity contribution in [3.05, 3.63) is 46.5 Å². The van der Waals surface area contributed by atoms with Gasteiger partial charge in [0.25, 0.3) is 0 Å². The predicted molar refractivity (Wildman–Crippen MR) is 103 cm³/mol. The summed E-state index contributed by atoms with van der Waals surface area (Å²) >= 11 is 6.11. The Morgan fingerprint density at radius 3 is 2.65 bits per heavy atom. The summed E-state index contributed by atoms with van der Waals surface area (Å²) in [5.41, 5.74) is -2.46. The van der Waals surface area contributed by atoms with Crippen LogP contribution in [0.5, 0.6) is 0 Å². The average Bonchev–Trinajstić information content (AvgIpc) is 3.24. The third-order valence-electron chi connectivity index (χ3n) is 5.28. The van der Waals surface area contributed by atoms with Crippen LogP contribution < -0.4 is 0 Å². The molecule has 31 heavy (non-hydrogen) atoms. The molecule has 3 aromatic rings. The van der Waals surface area contributed by atoms with Crippen molar-refractivity contribution in [2.75, 3.05) is 7.11 Å². The van der Waals surface area contributed by atoms with E-state index in [1.54, 1.807) is 6.92 Å². The first-order chi connectivity index (χ1) is 14.5. The molecule has 0 saturated heterocycles. The number of rotatable bonds is 5. The summed E-state index contributed by atoms with van der Waals surface area (Å²) in [6.45, 7) is 1.36. The van der Waals surface area contributed by atoms with Crippen LogP contribution in [0.3, 0.4) is 0 Å². The van der Waals surface area contributed by atoms with Gasteiger partial charge in [0.1, 0.15) is 11.5 Å². The second kappa shape index (κ2) is 7.61. The maximum Gasteiger partial charge on any atom is 0.433 e. The first-order valence-electron chi connectivity index (χ1n) is 9.33. The van der Waals surface area contributed by atoms with Crippen molar-refractivity contribution in [2.45, 2.75) is 44.2 Å². The summed E-state index contributed by atoms with van der Waals surface area (Å²) in [6, 6.07) is 3.38. The van der Waals surface area contributed by atoms with Crippen molar-refractivity contribution >= 4 is 11.6 Å². The maximum absolute atomic E-state index is 14.4. The van der Waals surface area contributed by atoms with E-state index in [-0.39, 0.29) is 52.6 Å². The zero-order valence-corrected chi connectivity index (χ0v) is 17.3. The van der Waals surface area contributed by atoms with Gasteiger partial charge in [-0.1, -0.05) is 22.8 Å². The lowest BCUT2D eigenvalue weighted by molar-refractivity contribution is -0.148. The van der Waals surface area contributed by atoms with E-state index in [0.29, 0.717) is 0 Å². The van der Waals surface area contributed by atoms with Gasteiger partial charge in [0.15, 0.2) is 11.5 Å². The third-order valence-corrected chi connectivity index (χ3v) is 5.60. The highest BCUT2D eigenvalue weighted by atomic mass is 35.5. The maximum atomic E-state index is 14.4. The molecule has 0 atom stereocenters. The van der Waals surface area contributed by atoms with Crippen LogP contribution in [0.15, 0.2) is 28.9 Å². The van der Waals surface area contributed by atoms with Gasteiger partial charge in [-0.15, -0.1) is 0 Å². The lowest BCUT2D eigenvalue weighted by atomic mass is 9.77. The van der Waals surface area contributed by atoms with Crippen LogP contribution in [0.4, 0.5) is 17.6 Å². The van der Waals surface area contributed by atoms with Crippen LogP contribution in [-0.4, -0.2) is 32.8 Å². The van der Waals surface area contributed by atoms with Gasteiger partial charge in [0.05, 0.1) is 46.2 Å². The van der Waals surface area contributed by atoms with Crippen LogP contribution in [0.1, 0.15) is 37.1 Å². The van der Waals surface area contributed by atoms with Crippen molar-refractivity contribution in [1.82, 2.24) is 14.9 Å². The van der Waals surface area contributed by atoms with Crippen molar-refractivity contribution < 1.29 is 31.9 Å². The molecule has 0 aliphatic heterocycles. The van der Waals surface area contributed by atoms with Crippen molar-refractivity contribution in [2.24, 2.45) is 0 Å². The highest BCUT2D eigenvalue weighted by molar-refractivity contribution is 6.33. The fourth-order valence-electron chi connectivity index (χ4n) is 3.94. The first kappa shape index (κ1) is 21.8. The minimum atomic E-state index is -4.76. The number of methoxy groups -OCH3 is 1. The molecule has 11 heteroatoms. The molecule has 0 bridgehead atoms. The molecule has 1 saturated carbocycles. The Kier molecular flexibility index (Phi) is 5.35. The molecule has 1 aromatic carbocycles. The molecular formula is C20H18ClF4N3O3. The largest absolute Gasteiger partial charge is 0.433 e. The number of ether oxygens (including phenoxy) is 1. The number of aromatic nitrogens is 3. The van der Waals surface area contributed by atoms with E-state index in [1.165, 1.54) is 19.2 Å². The monoisotopic (exact) mass is 459 g/mol. The van der Waals surface area contributed by atoms with E-state index in [9.17, 15) is 22.7 Å². The number of halogens is 5. The minimum Gasteiger partial charge on any atom is -0.390 e. The van der Waals surface area contributed by atoms with Crippen molar-refractivity contribution in [3.63, 3.8) is 0 Å². The smallest absolute Gasteiger partial charge is 0.390 e. The molecule has 2 aromatic heterocycles. The lowest BCUT2D eigenvalue weighted by Crippen LogP contribution is -2.43. The quantitative estimate of drug-likeness (QED) is 0.528.